The molecule has 4 rings (SSSR count). The number of nitrogens with one attached hydrogen (secondary N) is 1. The van der Waals surface area contributed by atoms with E-state index in [1.54, 1.807) is 30.3 Å². The van der Waals surface area contributed by atoms with Crippen LogP contribution in [0.25, 0.3) is 21.8 Å². The molecule has 0 aliphatic carbocycles. The first-order valence-corrected chi connectivity index (χ1v) is 7.45. The third kappa shape index (κ3) is 2.57. The van der Waals surface area contributed by atoms with Crippen LogP contribution < -0.4 is 10.2 Å². The number of hydrogen-bond acceptors (Lipinski definition) is 5. The number of para-hydroxylation sites is 1. The Balaban J connectivity index is 1.85. The van der Waals surface area contributed by atoms with Crippen molar-refractivity contribution in [1.29, 1.82) is 0 Å². The number of ether oxygens (including phenoxy) is 1. The SMILES string of the molecule is O=c1c2ccccc2[nH]c2ccc(Oc3ncccc3[N+](=O)[O-])cc12. The molecule has 0 atom stereocenters. The molecule has 7 heteroatoms. The van der Waals surface area contributed by atoms with Crippen LogP contribution in [-0.4, -0.2) is 14.9 Å². The van der Waals surface area contributed by atoms with Gasteiger partial charge in [-0.15, -0.1) is 0 Å². The molecule has 4 aromatic rings. The van der Waals surface area contributed by atoms with Crippen LogP contribution in [0.1, 0.15) is 0 Å². The third-order valence-electron chi connectivity index (χ3n) is 3.84. The number of rotatable bonds is 3. The Morgan fingerprint density at radius 1 is 1.00 bits per heavy atom. The molecule has 0 unspecified atom stereocenters. The standard InChI is InChI=1S/C18H11N3O4/c22-17-12-4-1-2-5-14(12)20-15-8-7-11(10-13(15)17)25-18-16(21(23)24)6-3-9-19-18/h1-10H,(H,20,22). The fourth-order valence-electron chi connectivity index (χ4n) is 2.68. The zero-order valence-electron chi connectivity index (χ0n) is 12.8. The Hall–Kier alpha value is -3.74. The van der Waals surface area contributed by atoms with E-state index >= 15 is 0 Å². The molecular formula is C18H11N3O4. The van der Waals surface area contributed by atoms with E-state index < -0.39 is 4.92 Å². The maximum absolute atomic E-state index is 12.7. The van der Waals surface area contributed by atoms with E-state index in [4.69, 9.17) is 4.74 Å². The molecule has 0 fully saturated rings. The second-order valence-electron chi connectivity index (χ2n) is 5.39. The van der Waals surface area contributed by atoms with Crippen molar-refractivity contribution in [3.8, 4) is 11.6 Å². The molecule has 1 N–H and O–H groups in total. The molecule has 0 radical (unpaired) electrons. The predicted molar refractivity (Wildman–Crippen MR) is 93.0 cm³/mol. The van der Waals surface area contributed by atoms with Crippen molar-refractivity contribution < 1.29 is 9.66 Å². The van der Waals surface area contributed by atoms with Crippen molar-refractivity contribution in [2.45, 2.75) is 0 Å². The van der Waals surface area contributed by atoms with Crippen molar-refractivity contribution in [3.63, 3.8) is 0 Å². The van der Waals surface area contributed by atoms with E-state index in [9.17, 15) is 14.9 Å². The molecule has 0 saturated carbocycles. The highest BCUT2D eigenvalue weighted by atomic mass is 16.6. The summed E-state index contributed by atoms with van der Waals surface area (Å²) < 4.78 is 5.54. The number of H-pyrrole nitrogens is 1. The molecule has 2 aromatic carbocycles. The quantitative estimate of drug-likeness (QED) is 0.349. The molecule has 7 nitrogen and oxygen atoms in total. The van der Waals surface area contributed by atoms with Gasteiger partial charge in [0.2, 0.25) is 0 Å². The van der Waals surface area contributed by atoms with Gasteiger partial charge in [0.1, 0.15) is 5.75 Å². The Kier molecular flexibility index (Phi) is 3.39. The second-order valence-corrected chi connectivity index (χ2v) is 5.39. The monoisotopic (exact) mass is 333 g/mol. The first-order valence-electron chi connectivity index (χ1n) is 7.45. The lowest BCUT2D eigenvalue weighted by Gasteiger charge is -2.07. The summed E-state index contributed by atoms with van der Waals surface area (Å²) in [5.41, 5.74) is 1.03. The Labute approximate surface area is 140 Å². The van der Waals surface area contributed by atoms with Crippen LogP contribution in [-0.2, 0) is 0 Å². The number of aromatic amines is 1. The molecule has 0 aliphatic heterocycles. The minimum atomic E-state index is -0.566. The number of fused-ring (bicyclic) bond motifs is 2. The highest BCUT2D eigenvalue weighted by Gasteiger charge is 2.17. The van der Waals surface area contributed by atoms with Gasteiger partial charge in [0, 0.05) is 28.6 Å². The average Bonchev–Trinajstić information content (AvgIpc) is 2.63. The Morgan fingerprint density at radius 2 is 1.80 bits per heavy atom. The molecule has 2 aromatic heterocycles. The maximum atomic E-state index is 12.7. The van der Waals surface area contributed by atoms with Gasteiger partial charge < -0.3 is 9.72 Å². The summed E-state index contributed by atoms with van der Waals surface area (Å²) in [5.74, 6) is 0.180. The van der Waals surface area contributed by atoms with Crippen molar-refractivity contribution in [1.82, 2.24) is 9.97 Å². The zero-order valence-corrected chi connectivity index (χ0v) is 12.8. The highest BCUT2D eigenvalue weighted by molar-refractivity contribution is 5.92. The maximum Gasteiger partial charge on any atom is 0.331 e. The van der Waals surface area contributed by atoms with Gasteiger partial charge in [-0.2, -0.15) is 0 Å². The lowest BCUT2D eigenvalue weighted by atomic mass is 10.1. The van der Waals surface area contributed by atoms with E-state index in [-0.39, 0.29) is 17.0 Å². The molecule has 25 heavy (non-hydrogen) atoms. The van der Waals surface area contributed by atoms with Gasteiger partial charge in [0.25, 0.3) is 5.88 Å². The van der Waals surface area contributed by atoms with Crippen LogP contribution in [0.5, 0.6) is 11.6 Å². The van der Waals surface area contributed by atoms with Crippen molar-refractivity contribution in [2.75, 3.05) is 0 Å². The van der Waals surface area contributed by atoms with Crippen LogP contribution in [0, 0.1) is 10.1 Å². The number of pyridine rings is 2. The van der Waals surface area contributed by atoms with Crippen LogP contribution in [0.3, 0.4) is 0 Å². The van der Waals surface area contributed by atoms with Gasteiger partial charge in [-0.1, -0.05) is 12.1 Å². The molecule has 0 amide bonds. The first-order chi connectivity index (χ1) is 12.1. The van der Waals surface area contributed by atoms with Gasteiger partial charge in [-0.25, -0.2) is 4.98 Å². The summed E-state index contributed by atoms with van der Waals surface area (Å²) >= 11 is 0. The van der Waals surface area contributed by atoms with Crippen LogP contribution in [0.2, 0.25) is 0 Å². The fraction of sp³-hybridized carbons (Fsp3) is 0. The summed E-state index contributed by atoms with van der Waals surface area (Å²) in [6, 6.07) is 14.9. The van der Waals surface area contributed by atoms with E-state index in [0.29, 0.717) is 22.0 Å². The summed E-state index contributed by atoms with van der Waals surface area (Å²) in [6.45, 7) is 0. The van der Waals surface area contributed by atoms with Crippen LogP contribution in [0.4, 0.5) is 5.69 Å². The van der Waals surface area contributed by atoms with Crippen LogP contribution >= 0.6 is 0 Å². The molecule has 0 saturated heterocycles. The molecule has 0 spiro atoms. The topological polar surface area (TPSA) is 98.1 Å². The summed E-state index contributed by atoms with van der Waals surface area (Å²) in [6.07, 6.45) is 1.41. The fourth-order valence-corrected chi connectivity index (χ4v) is 2.68. The van der Waals surface area contributed by atoms with Gasteiger partial charge in [0.05, 0.1) is 10.4 Å². The number of hydrogen-bond donors (Lipinski definition) is 1. The van der Waals surface area contributed by atoms with Gasteiger partial charge in [0.15, 0.2) is 5.43 Å². The zero-order chi connectivity index (χ0) is 17.4. The lowest BCUT2D eigenvalue weighted by molar-refractivity contribution is -0.386. The lowest BCUT2D eigenvalue weighted by Crippen LogP contribution is -2.04. The summed E-state index contributed by atoms with van der Waals surface area (Å²) in [5, 5.41) is 12.1. The minimum absolute atomic E-state index is 0.121. The van der Waals surface area contributed by atoms with E-state index in [0.717, 1.165) is 5.52 Å². The van der Waals surface area contributed by atoms with E-state index in [1.807, 2.05) is 12.1 Å². The highest BCUT2D eigenvalue weighted by Crippen LogP contribution is 2.29. The minimum Gasteiger partial charge on any atom is -0.434 e. The predicted octanol–water partition coefficient (Wildman–Crippen LogP) is 3.78. The van der Waals surface area contributed by atoms with E-state index in [1.165, 1.54) is 18.3 Å². The molecule has 0 bridgehead atoms. The van der Waals surface area contributed by atoms with Gasteiger partial charge in [-0.3, -0.25) is 14.9 Å². The molecule has 0 aliphatic rings. The number of nitro groups is 1. The van der Waals surface area contributed by atoms with Crippen molar-refractivity contribution in [3.05, 3.63) is 81.1 Å². The summed E-state index contributed by atoms with van der Waals surface area (Å²) in [7, 11) is 0. The largest absolute Gasteiger partial charge is 0.434 e. The first kappa shape index (κ1) is 14.8. The van der Waals surface area contributed by atoms with E-state index in [2.05, 4.69) is 9.97 Å². The smallest absolute Gasteiger partial charge is 0.331 e. The Morgan fingerprint density at radius 3 is 2.64 bits per heavy atom. The third-order valence-corrected chi connectivity index (χ3v) is 3.84. The Bertz CT molecular complexity index is 1180. The van der Waals surface area contributed by atoms with Gasteiger partial charge >= 0.3 is 5.69 Å². The average molecular weight is 333 g/mol. The van der Waals surface area contributed by atoms with Crippen molar-refractivity contribution in [2.24, 2.45) is 0 Å². The number of nitrogens with zero attached hydrogens (tertiary/aromatic N) is 2. The normalized spacial score (nSPS) is 10.9. The number of benzene rings is 2. The molecular weight excluding hydrogens is 322 g/mol. The summed E-state index contributed by atoms with van der Waals surface area (Å²) in [4.78, 5) is 30.2. The second kappa shape index (κ2) is 5.72. The van der Waals surface area contributed by atoms with Crippen molar-refractivity contribution >= 4 is 27.5 Å². The molecule has 122 valence electrons. The number of aromatic nitrogens is 2. The molecule has 2 heterocycles. The van der Waals surface area contributed by atoms with Crippen LogP contribution in [0.15, 0.2) is 65.6 Å². The van der Waals surface area contributed by atoms with Gasteiger partial charge in [-0.05, 0) is 36.4 Å².